The van der Waals surface area contributed by atoms with E-state index in [2.05, 4.69) is 5.32 Å². The van der Waals surface area contributed by atoms with Gasteiger partial charge in [0.1, 0.15) is 12.1 Å². The second-order valence-corrected chi connectivity index (χ2v) is 5.42. The Labute approximate surface area is 123 Å². The molecule has 2 aliphatic heterocycles. The van der Waals surface area contributed by atoms with Crippen LogP contribution in [0, 0.1) is 0 Å². The fourth-order valence-corrected chi connectivity index (χ4v) is 2.92. The van der Waals surface area contributed by atoms with E-state index in [0.29, 0.717) is 26.1 Å². The molecule has 0 bridgehead atoms. The van der Waals surface area contributed by atoms with E-state index < -0.39 is 18.1 Å². The molecule has 2 atom stereocenters. The third kappa shape index (κ3) is 2.77. The number of hydrogen-bond acceptors (Lipinski definition) is 4. The van der Waals surface area contributed by atoms with Gasteiger partial charge in [-0.2, -0.15) is 0 Å². The maximum atomic E-state index is 12.6. The van der Waals surface area contributed by atoms with Gasteiger partial charge in [-0.25, -0.2) is 0 Å². The Morgan fingerprint density at radius 1 is 1.29 bits per heavy atom. The smallest absolute Gasteiger partial charge is 0.254 e. The van der Waals surface area contributed by atoms with Crippen LogP contribution in [0.5, 0.6) is 0 Å². The zero-order chi connectivity index (χ0) is 14.8. The number of primary amides is 1. The second kappa shape index (κ2) is 5.83. The first-order valence-electron chi connectivity index (χ1n) is 7.15. The highest BCUT2D eigenvalue weighted by molar-refractivity contribution is 5.89. The summed E-state index contributed by atoms with van der Waals surface area (Å²) in [5.74, 6) is -0.637. The van der Waals surface area contributed by atoms with Crippen LogP contribution in [-0.2, 0) is 27.3 Å². The molecule has 112 valence electrons. The molecule has 0 radical (unpaired) electrons. The first-order valence-corrected chi connectivity index (χ1v) is 7.15. The van der Waals surface area contributed by atoms with E-state index in [-0.39, 0.29) is 5.91 Å². The van der Waals surface area contributed by atoms with E-state index in [4.69, 9.17) is 10.5 Å². The minimum atomic E-state index is -0.599. The van der Waals surface area contributed by atoms with E-state index >= 15 is 0 Å². The van der Waals surface area contributed by atoms with Gasteiger partial charge in [0.2, 0.25) is 5.91 Å². The number of benzene rings is 1. The summed E-state index contributed by atoms with van der Waals surface area (Å²) in [4.78, 5) is 25.9. The van der Waals surface area contributed by atoms with Crippen molar-refractivity contribution in [1.29, 1.82) is 0 Å². The lowest BCUT2D eigenvalue weighted by molar-refractivity contribution is -0.152. The first kappa shape index (κ1) is 14.0. The highest BCUT2D eigenvalue weighted by Gasteiger charge is 2.37. The highest BCUT2D eigenvalue weighted by Crippen LogP contribution is 2.24. The molecule has 0 aliphatic carbocycles. The molecule has 0 aromatic heterocycles. The van der Waals surface area contributed by atoms with Crippen molar-refractivity contribution in [2.24, 2.45) is 5.73 Å². The molecule has 1 aromatic rings. The summed E-state index contributed by atoms with van der Waals surface area (Å²) in [6.45, 7) is 2.12. The number of hydrogen-bond donors (Lipinski definition) is 2. The molecule has 3 rings (SSSR count). The predicted octanol–water partition coefficient (Wildman–Crippen LogP) is -0.586. The Balaban J connectivity index is 1.85. The van der Waals surface area contributed by atoms with Crippen LogP contribution in [0.3, 0.4) is 0 Å². The SMILES string of the molecule is NC(=O)[C@@H]1Cc2ccccc2CN1C(=O)C1CNCCO1. The van der Waals surface area contributed by atoms with Crippen LogP contribution in [0.25, 0.3) is 0 Å². The van der Waals surface area contributed by atoms with Gasteiger partial charge in [-0.15, -0.1) is 0 Å². The molecule has 6 nitrogen and oxygen atoms in total. The van der Waals surface area contributed by atoms with Gasteiger partial charge in [0.15, 0.2) is 0 Å². The minimum Gasteiger partial charge on any atom is -0.368 e. The lowest BCUT2D eigenvalue weighted by Gasteiger charge is -2.37. The maximum absolute atomic E-state index is 12.6. The van der Waals surface area contributed by atoms with Crippen LogP contribution in [0.1, 0.15) is 11.1 Å². The first-order chi connectivity index (χ1) is 10.2. The molecule has 0 saturated carbocycles. The van der Waals surface area contributed by atoms with Crippen molar-refractivity contribution in [3.63, 3.8) is 0 Å². The number of amides is 2. The normalized spacial score (nSPS) is 25.2. The number of nitrogens with zero attached hydrogens (tertiary/aromatic N) is 1. The van der Waals surface area contributed by atoms with E-state index in [1.165, 1.54) is 0 Å². The van der Waals surface area contributed by atoms with Gasteiger partial charge in [0.05, 0.1) is 6.61 Å². The third-order valence-electron chi connectivity index (χ3n) is 4.06. The summed E-state index contributed by atoms with van der Waals surface area (Å²) in [5, 5.41) is 3.13. The average molecular weight is 289 g/mol. The van der Waals surface area contributed by atoms with Crippen molar-refractivity contribution in [1.82, 2.24) is 10.2 Å². The molecule has 1 aromatic carbocycles. The average Bonchev–Trinajstić information content (AvgIpc) is 2.53. The van der Waals surface area contributed by atoms with Crippen LogP contribution < -0.4 is 11.1 Å². The predicted molar refractivity (Wildman–Crippen MR) is 76.3 cm³/mol. The van der Waals surface area contributed by atoms with Gasteiger partial charge in [0.25, 0.3) is 5.91 Å². The van der Waals surface area contributed by atoms with Crippen molar-refractivity contribution < 1.29 is 14.3 Å². The van der Waals surface area contributed by atoms with Crippen molar-refractivity contribution in [2.45, 2.75) is 25.1 Å². The van der Waals surface area contributed by atoms with Gasteiger partial charge < -0.3 is 20.7 Å². The molecule has 1 saturated heterocycles. The topological polar surface area (TPSA) is 84.7 Å². The summed E-state index contributed by atoms with van der Waals surface area (Å²) >= 11 is 0. The molecule has 1 unspecified atom stereocenters. The van der Waals surface area contributed by atoms with Crippen molar-refractivity contribution in [3.05, 3.63) is 35.4 Å². The second-order valence-electron chi connectivity index (χ2n) is 5.42. The van der Waals surface area contributed by atoms with Crippen LogP contribution in [0.4, 0.5) is 0 Å². The molecule has 2 heterocycles. The summed E-state index contributed by atoms with van der Waals surface area (Å²) in [6.07, 6.45) is -0.0666. The number of nitrogens with two attached hydrogens (primary N) is 1. The van der Waals surface area contributed by atoms with E-state index in [0.717, 1.165) is 17.7 Å². The highest BCUT2D eigenvalue weighted by atomic mass is 16.5. The van der Waals surface area contributed by atoms with E-state index in [1.54, 1.807) is 4.90 Å². The minimum absolute atomic E-state index is 0.166. The van der Waals surface area contributed by atoms with Crippen molar-refractivity contribution in [2.75, 3.05) is 19.7 Å². The third-order valence-corrected chi connectivity index (χ3v) is 4.06. The lowest BCUT2D eigenvalue weighted by atomic mass is 9.93. The molecule has 2 aliphatic rings. The number of ether oxygens (including phenoxy) is 1. The Bertz CT molecular complexity index is 555. The largest absolute Gasteiger partial charge is 0.368 e. The van der Waals surface area contributed by atoms with Gasteiger partial charge in [0, 0.05) is 26.1 Å². The summed E-state index contributed by atoms with van der Waals surface area (Å²) < 4.78 is 5.50. The van der Waals surface area contributed by atoms with Crippen LogP contribution in [0.15, 0.2) is 24.3 Å². The summed E-state index contributed by atoms with van der Waals surface area (Å²) in [7, 11) is 0. The number of rotatable bonds is 2. The van der Waals surface area contributed by atoms with Crippen LogP contribution in [0.2, 0.25) is 0 Å². The van der Waals surface area contributed by atoms with Crippen LogP contribution >= 0.6 is 0 Å². The maximum Gasteiger partial charge on any atom is 0.254 e. The van der Waals surface area contributed by atoms with E-state index in [1.807, 2.05) is 24.3 Å². The lowest BCUT2D eigenvalue weighted by Crippen LogP contribution is -2.57. The van der Waals surface area contributed by atoms with Gasteiger partial charge in [-0.05, 0) is 11.1 Å². The summed E-state index contributed by atoms with van der Waals surface area (Å²) in [5.41, 5.74) is 7.63. The molecule has 1 fully saturated rings. The van der Waals surface area contributed by atoms with Crippen molar-refractivity contribution >= 4 is 11.8 Å². The molecule has 2 amide bonds. The van der Waals surface area contributed by atoms with Gasteiger partial charge in [-0.1, -0.05) is 24.3 Å². The van der Waals surface area contributed by atoms with Gasteiger partial charge in [-0.3, -0.25) is 9.59 Å². The monoisotopic (exact) mass is 289 g/mol. The van der Waals surface area contributed by atoms with E-state index in [9.17, 15) is 9.59 Å². The zero-order valence-corrected chi connectivity index (χ0v) is 11.7. The molecule has 21 heavy (non-hydrogen) atoms. The fourth-order valence-electron chi connectivity index (χ4n) is 2.92. The number of morpholine rings is 1. The van der Waals surface area contributed by atoms with Crippen LogP contribution in [-0.4, -0.2) is 48.6 Å². The van der Waals surface area contributed by atoms with Gasteiger partial charge >= 0.3 is 0 Å². The van der Waals surface area contributed by atoms with Crippen molar-refractivity contribution in [3.8, 4) is 0 Å². The number of carbonyl (C=O) groups excluding carboxylic acids is 2. The Morgan fingerprint density at radius 2 is 2.05 bits per heavy atom. The molecule has 6 heteroatoms. The molecule has 3 N–H and O–H groups in total. The standard InChI is InChI=1S/C15H19N3O3/c16-14(19)12-7-10-3-1-2-4-11(10)9-18(12)15(20)13-8-17-5-6-21-13/h1-4,12-13,17H,5-9H2,(H2,16,19)/t12-,13?/m0/s1. The zero-order valence-electron chi connectivity index (χ0n) is 11.7. The number of carbonyl (C=O) groups is 2. The molecular weight excluding hydrogens is 270 g/mol. The Morgan fingerprint density at radius 3 is 2.71 bits per heavy atom. The Hall–Kier alpha value is -1.92. The quantitative estimate of drug-likeness (QED) is 0.762. The molecular formula is C15H19N3O3. The molecule has 0 spiro atoms. The summed E-state index contributed by atoms with van der Waals surface area (Å²) in [6, 6.07) is 7.23. The Kier molecular flexibility index (Phi) is 3.90. The number of nitrogens with one attached hydrogen (secondary N) is 1. The fraction of sp³-hybridized carbons (Fsp3) is 0.467. The number of fused-ring (bicyclic) bond motifs is 1.